The van der Waals surface area contributed by atoms with Crippen molar-refractivity contribution in [3.63, 3.8) is 0 Å². The van der Waals surface area contributed by atoms with Gasteiger partial charge in [0, 0.05) is 6.08 Å². The van der Waals surface area contributed by atoms with Crippen molar-refractivity contribution in [3.05, 3.63) is 30.2 Å². The van der Waals surface area contributed by atoms with Crippen LogP contribution >= 0.6 is 0 Å². The number of carbonyl (C=O) groups excluding carboxylic acids is 1. The average Bonchev–Trinajstić information content (AvgIpc) is 2.75. The van der Waals surface area contributed by atoms with E-state index in [1.807, 2.05) is 6.92 Å². The predicted octanol–water partition coefficient (Wildman–Crippen LogP) is 1.18. The van der Waals surface area contributed by atoms with Gasteiger partial charge in [0.25, 0.3) is 0 Å². The molecule has 1 aromatic heterocycles. The first-order valence-corrected chi connectivity index (χ1v) is 4.89. The molecule has 0 saturated carbocycles. The Morgan fingerprint density at radius 3 is 3.07 bits per heavy atom. The number of nitrogens with one attached hydrogen (secondary N) is 1. The SMILES string of the molecule is CCC(CO)NC(=O)/C=C/c1ccco1. The van der Waals surface area contributed by atoms with Gasteiger partial charge in [0.15, 0.2) is 0 Å². The molecule has 1 heterocycles. The lowest BCUT2D eigenvalue weighted by molar-refractivity contribution is -0.117. The van der Waals surface area contributed by atoms with Crippen molar-refractivity contribution in [2.75, 3.05) is 6.61 Å². The first-order valence-electron chi connectivity index (χ1n) is 4.89. The molecule has 1 atom stereocenters. The molecule has 15 heavy (non-hydrogen) atoms. The number of carbonyl (C=O) groups is 1. The molecule has 0 spiro atoms. The fourth-order valence-corrected chi connectivity index (χ4v) is 1.07. The standard InChI is InChI=1S/C11H15NO3/c1-2-9(8-13)12-11(14)6-5-10-4-3-7-15-10/h3-7,9,13H,2,8H2,1H3,(H,12,14)/b6-5+. The molecule has 0 saturated heterocycles. The number of aliphatic hydroxyl groups is 1. The molecule has 0 aliphatic heterocycles. The third kappa shape index (κ3) is 3.99. The molecule has 0 fully saturated rings. The van der Waals surface area contributed by atoms with Crippen molar-refractivity contribution in [1.82, 2.24) is 5.32 Å². The molecule has 0 aromatic carbocycles. The molecule has 4 heteroatoms. The third-order valence-corrected chi connectivity index (χ3v) is 2.00. The summed E-state index contributed by atoms with van der Waals surface area (Å²) < 4.78 is 5.03. The normalized spacial score (nSPS) is 12.9. The molecule has 1 aromatic rings. The quantitative estimate of drug-likeness (QED) is 0.716. The van der Waals surface area contributed by atoms with Gasteiger partial charge in [0.2, 0.25) is 5.91 Å². The van der Waals surface area contributed by atoms with Gasteiger partial charge < -0.3 is 14.8 Å². The van der Waals surface area contributed by atoms with Crippen molar-refractivity contribution in [2.24, 2.45) is 0 Å². The number of aliphatic hydroxyl groups excluding tert-OH is 1. The molecule has 0 aliphatic carbocycles. The van der Waals surface area contributed by atoms with E-state index in [-0.39, 0.29) is 18.6 Å². The van der Waals surface area contributed by atoms with E-state index < -0.39 is 0 Å². The summed E-state index contributed by atoms with van der Waals surface area (Å²) in [5.41, 5.74) is 0. The van der Waals surface area contributed by atoms with Crippen molar-refractivity contribution < 1.29 is 14.3 Å². The van der Waals surface area contributed by atoms with Crippen LogP contribution in [0.25, 0.3) is 6.08 Å². The third-order valence-electron chi connectivity index (χ3n) is 2.00. The molecule has 1 amide bonds. The Morgan fingerprint density at radius 1 is 1.73 bits per heavy atom. The van der Waals surface area contributed by atoms with Crippen LogP contribution in [0.15, 0.2) is 28.9 Å². The highest BCUT2D eigenvalue weighted by Gasteiger charge is 2.05. The fraction of sp³-hybridized carbons (Fsp3) is 0.364. The van der Waals surface area contributed by atoms with Gasteiger partial charge in [0.1, 0.15) is 5.76 Å². The number of hydrogen-bond acceptors (Lipinski definition) is 3. The maximum atomic E-state index is 11.3. The van der Waals surface area contributed by atoms with E-state index in [1.165, 1.54) is 6.08 Å². The zero-order valence-electron chi connectivity index (χ0n) is 8.64. The van der Waals surface area contributed by atoms with Gasteiger partial charge >= 0.3 is 0 Å². The van der Waals surface area contributed by atoms with E-state index >= 15 is 0 Å². The van der Waals surface area contributed by atoms with Crippen LogP contribution in [0, 0.1) is 0 Å². The summed E-state index contributed by atoms with van der Waals surface area (Å²) in [6.45, 7) is 1.86. The maximum Gasteiger partial charge on any atom is 0.244 e. The first kappa shape index (κ1) is 11.5. The minimum atomic E-state index is -0.229. The average molecular weight is 209 g/mol. The highest BCUT2D eigenvalue weighted by molar-refractivity contribution is 5.91. The molecular formula is C11H15NO3. The number of hydrogen-bond donors (Lipinski definition) is 2. The summed E-state index contributed by atoms with van der Waals surface area (Å²) in [5, 5.41) is 11.5. The summed E-state index contributed by atoms with van der Waals surface area (Å²) in [4.78, 5) is 11.3. The highest BCUT2D eigenvalue weighted by atomic mass is 16.3. The van der Waals surface area contributed by atoms with Crippen LogP contribution in [0.1, 0.15) is 19.1 Å². The van der Waals surface area contributed by atoms with E-state index in [0.717, 1.165) is 0 Å². The van der Waals surface area contributed by atoms with Gasteiger partial charge in [-0.2, -0.15) is 0 Å². The minimum absolute atomic E-state index is 0.0448. The van der Waals surface area contributed by atoms with Gasteiger partial charge in [-0.1, -0.05) is 6.92 Å². The van der Waals surface area contributed by atoms with E-state index in [1.54, 1.807) is 24.5 Å². The van der Waals surface area contributed by atoms with Crippen LogP contribution in [0.3, 0.4) is 0 Å². The maximum absolute atomic E-state index is 11.3. The van der Waals surface area contributed by atoms with Crippen LogP contribution < -0.4 is 5.32 Å². The monoisotopic (exact) mass is 209 g/mol. The van der Waals surface area contributed by atoms with Crippen LogP contribution in [-0.4, -0.2) is 23.7 Å². The van der Waals surface area contributed by atoms with Crippen molar-refractivity contribution >= 4 is 12.0 Å². The topological polar surface area (TPSA) is 62.5 Å². The summed E-state index contributed by atoms with van der Waals surface area (Å²) in [6.07, 6.45) is 5.22. The van der Waals surface area contributed by atoms with E-state index in [4.69, 9.17) is 9.52 Å². The lowest BCUT2D eigenvalue weighted by Crippen LogP contribution is -2.35. The van der Waals surface area contributed by atoms with Crippen LogP contribution in [0.2, 0.25) is 0 Å². The van der Waals surface area contributed by atoms with E-state index in [0.29, 0.717) is 12.2 Å². The summed E-state index contributed by atoms with van der Waals surface area (Å²) >= 11 is 0. The largest absolute Gasteiger partial charge is 0.465 e. The van der Waals surface area contributed by atoms with Crippen molar-refractivity contribution in [2.45, 2.75) is 19.4 Å². The Morgan fingerprint density at radius 2 is 2.53 bits per heavy atom. The second kappa shape index (κ2) is 6.03. The molecular weight excluding hydrogens is 194 g/mol. The Labute approximate surface area is 88.6 Å². The van der Waals surface area contributed by atoms with Crippen LogP contribution in [0.5, 0.6) is 0 Å². The van der Waals surface area contributed by atoms with Gasteiger partial charge in [-0.05, 0) is 24.6 Å². The lowest BCUT2D eigenvalue weighted by Gasteiger charge is -2.11. The minimum Gasteiger partial charge on any atom is -0.465 e. The van der Waals surface area contributed by atoms with Gasteiger partial charge in [-0.25, -0.2) is 0 Å². The van der Waals surface area contributed by atoms with Gasteiger partial charge in [-0.3, -0.25) is 4.79 Å². The second-order valence-electron chi connectivity index (χ2n) is 3.15. The van der Waals surface area contributed by atoms with Crippen LogP contribution in [-0.2, 0) is 4.79 Å². The molecule has 1 unspecified atom stereocenters. The summed E-state index contributed by atoms with van der Waals surface area (Å²) in [6, 6.07) is 3.33. The first-order chi connectivity index (χ1) is 7.26. The molecule has 4 nitrogen and oxygen atoms in total. The van der Waals surface area contributed by atoms with Gasteiger partial charge in [0.05, 0.1) is 18.9 Å². The molecule has 1 rings (SSSR count). The highest BCUT2D eigenvalue weighted by Crippen LogP contribution is 2.01. The molecule has 0 aliphatic rings. The zero-order valence-corrected chi connectivity index (χ0v) is 8.64. The van der Waals surface area contributed by atoms with Crippen molar-refractivity contribution in [3.8, 4) is 0 Å². The number of amides is 1. The predicted molar refractivity (Wildman–Crippen MR) is 57.0 cm³/mol. The Hall–Kier alpha value is -1.55. The van der Waals surface area contributed by atoms with Gasteiger partial charge in [-0.15, -0.1) is 0 Å². The van der Waals surface area contributed by atoms with Crippen molar-refractivity contribution in [1.29, 1.82) is 0 Å². The summed E-state index contributed by atoms with van der Waals surface area (Å²) in [5.74, 6) is 0.398. The van der Waals surface area contributed by atoms with E-state index in [2.05, 4.69) is 5.32 Å². The number of rotatable bonds is 5. The molecule has 2 N–H and O–H groups in total. The summed E-state index contributed by atoms with van der Waals surface area (Å²) in [7, 11) is 0. The smallest absolute Gasteiger partial charge is 0.244 e. The van der Waals surface area contributed by atoms with Crippen LogP contribution in [0.4, 0.5) is 0 Å². The number of furan rings is 1. The zero-order chi connectivity index (χ0) is 11.1. The lowest BCUT2D eigenvalue weighted by atomic mass is 10.2. The molecule has 0 bridgehead atoms. The Balaban J connectivity index is 2.42. The second-order valence-corrected chi connectivity index (χ2v) is 3.15. The Kier molecular flexibility index (Phi) is 4.63. The molecule has 0 radical (unpaired) electrons. The van der Waals surface area contributed by atoms with E-state index in [9.17, 15) is 4.79 Å². The molecule has 82 valence electrons. The Bertz CT molecular complexity index is 313. The fourth-order valence-electron chi connectivity index (χ4n) is 1.07.